The lowest BCUT2D eigenvalue weighted by atomic mass is 9.73. The van der Waals surface area contributed by atoms with E-state index >= 15 is 0 Å². The van der Waals surface area contributed by atoms with Gasteiger partial charge in [-0.2, -0.15) is 0 Å². The number of para-hydroxylation sites is 1. The Hall–Kier alpha value is -3.67. The van der Waals surface area contributed by atoms with Crippen molar-refractivity contribution in [2.24, 2.45) is 0 Å². The van der Waals surface area contributed by atoms with Crippen LogP contribution in [0.15, 0.2) is 77.7 Å². The number of rotatable bonds is 4. The molecule has 31 heavy (non-hydrogen) atoms. The summed E-state index contributed by atoms with van der Waals surface area (Å²) in [6.45, 7) is 0.465. The van der Waals surface area contributed by atoms with Crippen LogP contribution in [-0.4, -0.2) is 34.3 Å². The monoisotopic (exact) mass is 413 g/mol. The van der Waals surface area contributed by atoms with Crippen molar-refractivity contribution in [3.8, 4) is 0 Å². The summed E-state index contributed by atoms with van der Waals surface area (Å²) in [4.78, 5) is 42.9. The Labute approximate surface area is 179 Å². The first-order valence-corrected chi connectivity index (χ1v) is 10.5. The summed E-state index contributed by atoms with van der Waals surface area (Å²) in [6.07, 6.45) is 3.45. The second-order valence-electron chi connectivity index (χ2n) is 8.20. The van der Waals surface area contributed by atoms with E-state index in [1.807, 2.05) is 42.5 Å². The Morgan fingerprint density at radius 1 is 1.03 bits per heavy atom. The van der Waals surface area contributed by atoms with Crippen LogP contribution in [0.4, 0.5) is 5.69 Å². The molecule has 1 saturated heterocycles. The Morgan fingerprint density at radius 2 is 1.81 bits per heavy atom. The molecule has 2 aliphatic heterocycles. The lowest BCUT2D eigenvalue weighted by Gasteiger charge is -2.34. The van der Waals surface area contributed by atoms with Gasteiger partial charge in [0.25, 0.3) is 5.91 Å². The van der Waals surface area contributed by atoms with Gasteiger partial charge in [0, 0.05) is 30.1 Å². The lowest BCUT2D eigenvalue weighted by molar-refractivity contribution is -0.121. The fourth-order valence-electron chi connectivity index (χ4n) is 5.14. The van der Waals surface area contributed by atoms with Gasteiger partial charge in [-0.1, -0.05) is 48.5 Å². The molecule has 6 nitrogen and oxygen atoms in total. The van der Waals surface area contributed by atoms with Gasteiger partial charge in [-0.25, -0.2) is 0 Å². The van der Waals surface area contributed by atoms with Gasteiger partial charge in [-0.3, -0.25) is 14.4 Å². The van der Waals surface area contributed by atoms with Crippen molar-refractivity contribution in [2.75, 3.05) is 11.9 Å². The predicted molar refractivity (Wildman–Crippen MR) is 118 cm³/mol. The Bertz CT molecular complexity index is 1200. The van der Waals surface area contributed by atoms with Crippen LogP contribution in [0, 0.1) is 0 Å². The first-order chi connectivity index (χ1) is 15.1. The Kier molecular flexibility index (Phi) is 4.70. The fraction of sp³-hybridized carbons (Fsp3) is 0.240. The van der Waals surface area contributed by atoms with E-state index in [0.29, 0.717) is 24.9 Å². The van der Waals surface area contributed by atoms with Crippen LogP contribution in [0.3, 0.4) is 0 Å². The lowest BCUT2D eigenvalue weighted by Crippen LogP contribution is -2.49. The molecule has 0 radical (unpaired) electrons. The Morgan fingerprint density at radius 3 is 2.61 bits per heavy atom. The molecule has 0 saturated carbocycles. The van der Waals surface area contributed by atoms with Crippen molar-refractivity contribution < 1.29 is 9.59 Å². The summed E-state index contributed by atoms with van der Waals surface area (Å²) in [5.41, 5.74) is 2.20. The molecule has 2 aromatic carbocycles. The molecule has 1 fully saturated rings. The molecule has 2 atom stereocenters. The SMILES string of the molecule is O=C(c1cc[nH]c(=O)c1)N1CC[C@]2(C(=O)Nc3ccccc32)[C@@H]1CCc1ccccc1. The van der Waals surface area contributed by atoms with Crippen LogP contribution in [0.2, 0.25) is 0 Å². The van der Waals surface area contributed by atoms with Crippen LogP contribution in [-0.2, 0) is 16.6 Å². The summed E-state index contributed by atoms with van der Waals surface area (Å²) < 4.78 is 0. The molecule has 156 valence electrons. The van der Waals surface area contributed by atoms with E-state index in [0.717, 1.165) is 17.7 Å². The molecule has 5 rings (SSSR count). The van der Waals surface area contributed by atoms with Gasteiger partial charge >= 0.3 is 0 Å². The van der Waals surface area contributed by atoms with Gasteiger partial charge in [-0.05, 0) is 42.5 Å². The molecule has 3 aromatic rings. The Balaban J connectivity index is 1.55. The predicted octanol–water partition coefficient (Wildman–Crippen LogP) is 3.11. The zero-order chi connectivity index (χ0) is 21.4. The summed E-state index contributed by atoms with van der Waals surface area (Å²) in [6, 6.07) is 20.5. The van der Waals surface area contributed by atoms with Crippen LogP contribution in [0.1, 0.15) is 34.3 Å². The average Bonchev–Trinajstić information content (AvgIpc) is 3.31. The van der Waals surface area contributed by atoms with Crippen LogP contribution < -0.4 is 10.9 Å². The molecule has 0 unspecified atom stereocenters. The van der Waals surface area contributed by atoms with E-state index in [-0.39, 0.29) is 23.4 Å². The number of nitrogens with zero attached hydrogens (tertiary/aromatic N) is 1. The highest BCUT2D eigenvalue weighted by atomic mass is 16.2. The molecule has 6 heteroatoms. The number of aryl methyl sites for hydroxylation is 1. The number of carbonyl (C=O) groups excluding carboxylic acids is 2. The number of likely N-dealkylation sites (tertiary alicyclic amines) is 1. The van der Waals surface area contributed by atoms with Crippen LogP contribution in [0.25, 0.3) is 0 Å². The molecule has 1 aromatic heterocycles. The number of hydrogen-bond acceptors (Lipinski definition) is 3. The van der Waals surface area contributed by atoms with Crippen molar-refractivity contribution in [3.63, 3.8) is 0 Å². The molecule has 0 bridgehead atoms. The molecule has 1 spiro atoms. The zero-order valence-electron chi connectivity index (χ0n) is 17.0. The minimum absolute atomic E-state index is 0.0482. The second kappa shape index (κ2) is 7.54. The van der Waals surface area contributed by atoms with Gasteiger partial charge in [0.05, 0.1) is 11.5 Å². The van der Waals surface area contributed by atoms with Gasteiger partial charge in [0.15, 0.2) is 0 Å². The molecule has 2 N–H and O–H groups in total. The van der Waals surface area contributed by atoms with Crippen molar-refractivity contribution in [1.82, 2.24) is 9.88 Å². The number of benzene rings is 2. The van der Waals surface area contributed by atoms with Crippen molar-refractivity contribution >= 4 is 17.5 Å². The van der Waals surface area contributed by atoms with Crippen LogP contribution in [0.5, 0.6) is 0 Å². The number of aromatic amines is 1. The highest BCUT2D eigenvalue weighted by Crippen LogP contribution is 2.49. The van der Waals surface area contributed by atoms with E-state index in [1.54, 1.807) is 11.0 Å². The molecular formula is C25H23N3O3. The molecule has 2 amide bonds. The first-order valence-electron chi connectivity index (χ1n) is 10.5. The second-order valence-corrected chi connectivity index (χ2v) is 8.20. The van der Waals surface area contributed by atoms with Gasteiger partial charge in [0.2, 0.25) is 11.5 Å². The topological polar surface area (TPSA) is 82.3 Å². The fourth-order valence-corrected chi connectivity index (χ4v) is 5.14. The number of H-pyrrole nitrogens is 1. The van der Waals surface area contributed by atoms with Crippen molar-refractivity contribution in [1.29, 1.82) is 0 Å². The van der Waals surface area contributed by atoms with E-state index < -0.39 is 5.41 Å². The van der Waals surface area contributed by atoms with E-state index in [2.05, 4.69) is 22.4 Å². The number of amides is 2. The highest BCUT2D eigenvalue weighted by Gasteiger charge is 2.58. The third-order valence-electron chi connectivity index (χ3n) is 6.59. The van der Waals surface area contributed by atoms with Gasteiger partial charge in [0.1, 0.15) is 0 Å². The number of aromatic nitrogens is 1. The third kappa shape index (κ3) is 3.15. The van der Waals surface area contributed by atoms with Crippen LogP contribution >= 0.6 is 0 Å². The minimum Gasteiger partial charge on any atom is -0.334 e. The number of carbonyl (C=O) groups is 2. The minimum atomic E-state index is -0.776. The summed E-state index contributed by atoms with van der Waals surface area (Å²) in [5, 5.41) is 3.03. The summed E-state index contributed by atoms with van der Waals surface area (Å²) in [7, 11) is 0. The zero-order valence-corrected chi connectivity index (χ0v) is 17.0. The largest absolute Gasteiger partial charge is 0.334 e. The first kappa shape index (κ1) is 19.3. The molecule has 3 heterocycles. The maximum Gasteiger partial charge on any atom is 0.254 e. The number of hydrogen-bond donors (Lipinski definition) is 2. The maximum atomic E-state index is 13.4. The normalized spacial score (nSPS) is 21.9. The van der Waals surface area contributed by atoms with Crippen molar-refractivity contribution in [2.45, 2.75) is 30.7 Å². The van der Waals surface area contributed by atoms with Gasteiger partial charge < -0.3 is 15.2 Å². The number of fused-ring (bicyclic) bond motifs is 2. The van der Waals surface area contributed by atoms with E-state index in [9.17, 15) is 14.4 Å². The third-order valence-corrected chi connectivity index (χ3v) is 6.59. The average molecular weight is 413 g/mol. The molecule has 2 aliphatic rings. The maximum absolute atomic E-state index is 13.4. The molecular weight excluding hydrogens is 390 g/mol. The summed E-state index contributed by atoms with van der Waals surface area (Å²) in [5.74, 6) is -0.258. The molecule has 0 aliphatic carbocycles. The number of pyridine rings is 1. The highest BCUT2D eigenvalue weighted by molar-refractivity contribution is 6.08. The summed E-state index contributed by atoms with van der Waals surface area (Å²) >= 11 is 0. The van der Waals surface area contributed by atoms with Gasteiger partial charge in [-0.15, -0.1) is 0 Å². The van der Waals surface area contributed by atoms with E-state index in [1.165, 1.54) is 17.8 Å². The quantitative estimate of drug-likeness (QED) is 0.690. The standard InChI is InChI=1S/C25H23N3O3/c29-22-16-18(12-14-26-22)23(30)28-15-13-25(19-8-4-5-9-20(19)27-24(25)31)21(28)11-10-17-6-2-1-3-7-17/h1-9,12,14,16,21H,10-11,13,15H2,(H,26,29)(H,27,31)/t21-,25+/m0/s1. The smallest absolute Gasteiger partial charge is 0.254 e. The number of anilines is 1. The number of nitrogens with one attached hydrogen (secondary N) is 2. The van der Waals surface area contributed by atoms with E-state index in [4.69, 9.17) is 0 Å². The van der Waals surface area contributed by atoms with Crippen molar-refractivity contribution in [3.05, 3.63) is 100.0 Å².